The van der Waals surface area contributed by atoms with Crippen LogP contribution in [-0.4, -0.2) is 50.3 Å². The van der Waals surface area contributed by atoms with Gasteiger partial charge in [-0.2, -0.15) is 11.8 Å². The molecule has 1 aliphatic heterocycles. The molecule has 6 heteroatoms. The molecule has 2 N–H and O–H groups in total. The minimum atomic E-state index is 0. The molecule has 3 fully saturated rings. The van der Waals surface area contributed by atoms with E-state index in [1.165, 1.54) is 50.7 Å². The van der Waals surface area contributed by atoms with Crippen molar-refractivity contribution in [1.82, 2.24) is 10.6 Å². The van der Waals surface area contributed by atoms with Crippen molar-refractivity contribution in [2.45, 2.75) is 57.1 Å². The zero-order valence-corrected chi connectivity index (χ0v) is 17.6. The fourth-order valence-electron chi connectivity index (χ4n) is 4.82. The number of guanidine groups is 1. The monoisotopic (exact) mass is 453 g/mol. The molecule has 0 bridgehead atoms. The van der Waals surface area contributed by atoms with E-state index in [1.807, 2.05) is 18.8 Å². The molecule has 134 valence electrons. The van der Waals surface area contributed by atoms with Crippen molar-refractivity contribution in [3.63, 3.8) is 0 Å². The van der Waals surface area contributed by atoms with Crippen molar-refractivity contribution in [2.75, 3.05) is 32.2 Å². The molecule has 0 aromatic carbocycles. The molecule has 0 aromatic rings. The number of rotatable bonds is 6. The highest BCUT2D eigenvalue weighted by molar-refractivity contribution is 14.0. The van der Waals surface area contributed by atoms with E-state index >= 15 is 0 Å². The molecule has 1 saturated heterocycles. The third-order valence-corrected chi connectivity index (χ3v) is 6.57. The van der Waals surface area contributed by atoms with E-state index in [4.69, 9.17) is 4.74 Å². The van der Waals surface area contributed by atoms with E-state index in [0.29, 0.717) is 23.5 Å². The highest BCUT2D eigenvalue weighted by Gasteiger charge is 2.65. The molecular formula is C17H32IN3OS. The molecule has 1 spiro atoms. The maximum atomic E-state index is 6.06. The molecule has 0 amide bonds. The minimum Gasteiger partial charge on any atom is -0.377 e. The first-order valence-electron chi connectivity index (χ1n) is 8.89. The largest absolute Gasteiger partial charge is 0.377 e. The van der Waals surface area contributed by atoms with Gasteiger partial charge in [-0.05, 0) is 44.1 Å². The molecule has 4 nitrogen and oxygen atoms in total. The summed E-state index contributed by atoms with van der Waals surface area (Å²) >= 11 is 1.93. The van der Waals surface area contributed by atoms with E-state index in [-0.39, 0.29) is 24.0 Å². The van der Waals surface area contributed by atoms with Crippen molar-refractivity contribution < 1.29 is 4.74 Å². The lowest BCUT2D eigenvalue weighted by atomic mass is 9.54. The Hall–Kier alpha value is 0.310. The number of nitrogens with zero attached hydrogens (tertiary/aromatic N) is 1. The molecule has 3 aliphatic rings. The molecule has 2 saturated carbocycles. The number of fused-ring (bicyclic) bond motifs is 2. The predicted octanol–water partition coefficient (Wildman–Crippen LogP) is 3.26. The van der Waals surface area contributed by atoms with E-state index < -0.39 is 0 Å². The van der Waals surface area contributed by atoms with E-state index in [2.05, 4.69) is 21.9 Å². The average Bonchev–Trinajstić information content (AvgIpc) is 3.18. The Morgan fingerprint density at radius 3 is 2.78 bits per heavy atom. The number of aliphatic imine (C=N–C) groups is 1. The molecule has 3 rings (SSSR count). The lowest BCUT2D eigenvalue weighted by Crippen LogP contribution is -2.69. The lowest BCUT2D eigenvalue weighted by molar-refractivity contribution is -0.125. The fraction of sp³-hybridized carbons (Fsp3) is 0.941. The van der Waals surface area contributed by atoms with Crippen LogP contribution in [0.2, 0.25) is 0 Å². The van der Waals surface area contributed by atoms with Gasteiger partial charge in [0.15, 0.2) is 5.96 Å². The van der Waals surface area contributed by atoms with Crippen LogP contribution in [-0.2, 0) is 4.74 Å². The number of nitrogens with one attached hydrogen (secondary N) is 2. The van der Waals surface area contributed by atoms with Crippen LogP contribution >= 0.6 is 35.7 Å². The second kappa shape index (κ2) is 9.13. The molecule has 0 aromatic heterocycles. The first kappa shape index (κ1) is 19.6. The highest BCUT2D eigenvalue weighted by atomic mass is 127. The molecule has 3 atom stereocenters. The number of thioether (sulfide) groups is 1. The van der Waals surface area contributed by atoms with Crippen LogP contribution in [0.4, 0.5) is 0 Å². The number of halogens is 1. The van der Waals surface area contributed by atoms with Crippen LogP contribution in [0.25, 0.3) is 0 Å². The Morgan fingerprint density at radius 1 is 1.30 bits per heavy atom. The van der Waals surface area contributed by atoms with Crippen LogP contribution < -0.4 is 10.6 Å². The van der Waals surface area contributed by atoms with Crippen LogP contribution in [0, 0.1) is 11.3 Å². The fourth-order valence-corrected chi connectivity index (χ4v) is 5.32. The van der Waals surface area contributed by atoms with Crippen molar-refractivity contribution in [3.05, 3.63) is 0 Å². The number of ether oxygens (including phenoxy) is 1. The molecule has 3 unspecified atom stereocenters. The van der Waals surface area contributed by atoms with Gasteiger partial charge in [-0.15, -0.1) is 24.0 Å². The van der Waals surface area contributed by atoms with Crippen LogP contribution in [0.1, 0.15) is 44.9 Å². The molecule has 0 radical (unpaired) electrons. The summed E-state index contributed by atoms with van der Waals surface area (Å²) in [6.45, 7) is 1.97. The molecule has 1 heterocycles. The second-order valence-corrected chi connectivity index (χ2v) is 7.99. The van der Waals surface area contributed by atoms with Crippen LogP contribution in [0.5, 0.6) is 0 Å². The van der Waals surface area contributed by atoms with Gasteiger partial charge in [0.25, 0.3) is 0 Å². The summed E-state index contributed by atoms with van der Waals surface area (Å²) in [6.07, 6.45) is 11.8. The highest BCUT2D eigenvalue weighted by Crippen LogP contribution is 2.60. The summed E-state index contributed by atoms with van der Waals surface area (Å²) in [4.78, 5) is 4.44. The van der Waals surface area contributed by atoms with Crippen LogP contribution in [0.15, 0.2) is 4.99 Å². The van der Waals surface area contributed by atoms with Gasteiger partial charge in [-0.1, -0.05) is 12.8 Å². The third kappa shape index (κ3) is 3.94. The minimum absolute atomic E-state index is 0. The SMILES string of the molecule is CN=C(NCCCCSC)NC1C2CCOC2C12CCCC2.I. The van der Waals surface area contributed by atoms with Crippen molar-refractivity contribution in [1.29, 1.82) is 0 Å². The van der Waals surface area contributed by atoms with Gasteiger partial charge >= 0.3 is 0 Å². The van der Waals surface area contributed by atoms with Gasteiger partial charge < -0.3 is 15.4 Å². The Bertz CT molecular complexity index is 401. The second-order valence-electron chi connectivity index (χ2n) is 7.01. The summed E-state index contributed by atoms with van der Waals surface area (Å²) in [7, 11) is 1.89. The summed E-state index contributed by atoms with van der Waals surface area (Å²) in [5, 5.41) is 7.25. The topological polar surface area (TPSA) is 45.7 Å². The van der Waals surface area contributed by atoms with Crippen molar-refractivity contribution in [3.8, 4) is 0 Å². The van der Waals surface area contributed by atoms with Gasteiger partial charge in [0.2, 0.25) is 0 Å². The third-order valence-electron chi connectivity index (χ3n) is 5.87. The van der Waals surface area contributed by atoms with Gasteiger partial charge in [0.05, 0.1) is 6.10 Å². The predicted molar refractivity (Wildman–Crippen MR) is 110 cm³/mol. The lowest BCUT2D eigenvalue weighted by Gasteiger charge is -2.57. The molecular weight excluding hydrogens is 421 g/mol. The Kier molecular flexibility index (Phi) is 7.79. The quantitative estimate of drug-likeness (QED) is 0.281. The zero-order chi connectivity index (χ0) is 15.4. The Morgan fingerprint density at radius 2 is 2.09 bits per heavy atom. The van der Waals surface area contributed by atoms with E-state index in [0.717, 1.165) is 19.1 Å². The van der Waals surface area contributed by atoms with Crippen molar-refractivity contribution in [2.24, 2.45) is 16.3 Å². The summed E-state index contributed by atoms with van der Waals surface area (Å²) in [5.41, 5.74) is 0.400. The average molecular weight is 453 g/mol. The summed E-state index contributed by atoms with van der Waals surface area (Å²) < 4.78 is 6.06. The molecule has 2 aliphatic carbocycles. The first-order chi connectivity index (χ1) is 10.8. The van der Waals surface area contributed by atoms with E-state index in [1.54, 1.807) is 0 Å². The first-order valence-corrected chi connectivity index (χ1v) is 10.3. The standard InChI is InChI=1S/C17H31N3OS.HI/c1-18-16(19-10-5-6-12-22-2)20-14-13-7-11-21-15(13)17(14)8-3-4-9-17;/h13-15H,3-12H2,1-2H3,(H2,18,19,20);1H. The van der Waals surface area contributed by atoms with Gasteiger partial charge in [-0.25, -0.2) is 0 Å². The summed E-state index contributed by atoms with van der Waals surface area (Å²) in [5.74, 6) is 2.94. The van der Waals surface area contributed by atoms with Gasteiger partial charge in [0.1, 0.15) is 0 Å². The Balaban J connectivity index is 0.00000192. The molecule has 23 heavy (non-hydrogen) atoms. The van der Waals surface area contributed by atoms with Gasteiger partial charge in [0, 0.05) is 37.6 Å². The number of hydrogen-bond acceptors (Lipinski definition) is 3. The van der Waals surface area contributed by atoms with Gasteiger partial charge in [-0.3, -0.25) is 4.99 Å². The number of hydrogen-bond donors (Lipinski definition) is 2. The van der Waals surface area contributed by atoms with Crippen LogP contribution in [0.3, 0.4) is 0 Å². The van der Waals surface area contributed by atoms with E-state index in [9.17, 15) is 0 Å². The maximum absolute atomic E-state index is 6.06. The number of unbranched alkanes of at least 4 members (excludes halogenated alkanes) is 1. The smallest absolute Gasteiger partial charge is 0.191 e. The van der Waals surface area contributed by atoms with Crippen molar-refractivity contribution >= 4 is 41.7 Å². The maximum Gasteiger partial charge on any atom is 0.191 e. The Labute approximate surface area is 162 Å². The normalized spacial score (nSPS) is 31.4. The zero-order valence-electron chi connectivity index (χ0n) is 14.5. The summed E-state index contributed by atoms with van der Waals surface area (Å²) in [6, 6.07) is 0.569.